The third kappa shape index (κ3) is 4.24. The van der Waals surface area contributed by atoms with Crippen LogP contribution in [0.1, 0.15) is 11.1 Å². The lowest BCUT2D eigenvalue weighted by Gasteiger charge is -2.16. The van der Waals surface area contributed by atoms with Crippen LogP contribution in [0.25, 0.3) is 32.8 Å². The molecule has 2 aromatic heterocycles. The van der Waals surface area contributed by atoms with Crippen molar-refractivity contribution in [1.29, 1.82) is 0 Å². The molecule has 0 saturated heterocycles. The maximum absolute atomic E-state index is 13.5. The van der Waals surface area contributed by atoms with Gasteiger partial charge in [0.15, 0.2) is 0 Å². The largest absolute Gasteiger partial charge is 0.496 e. The molecule has 0 unspecified atom stereocenters. The van der Waals surface area contributed by atoms with Gasteiger partial charge in [0.1, 0.15) is 11.6 Å². The van der Waals surface area contributed by atoms with Crippen molar-refractivity contribution in [3.05, 3.63) is 78.1 Å². The van der Waals surface area contributed by atoms with E-state index in [-0.39, 0.29) is 11.4 Å². The highest BCUT2D eigenvalue weighted by atomic mass is 19.4. The molecule has 2 N–H and O–H groups in total. The minimum atomic E-state index is -4.55. The smallest absolute Gasteiger partial charge is 0.420 e. The number of nitrogens with zero attached hydrogens (tertiary/aromatic N) is 3. The van der Waals surface area contributed by atoms with E-state index < -0.39 is 11.7 Å². The Balaban J connectivity index is 1.60. The lowest BCUT2D eigenvalue weighted by molar-refractivity contribution is -0.138. The molecular formula is C27H22F3N5O. The molecule has 2 heterocycles. The maximum atomic E-state index is 13.5. The number of hydrogen-bond donors (Lipinski definition) is 2. The van der Waals surface area contributed by atoms with Crippen LogP contribution in [0.2, 0.25) is 0 Å². The summed E-state index contributed by atoms with van der Waals surface area (Å²) >= 11 is 0. The summed E-state index contributed by atoms with van der Waals surface area (Å²) in [5.74, 6) is 0.763. The molecule has 3 aromatic carbocycles. The summed E-state index contributed by atoms with van der Waals surface area (Å²) in [6, 6.07) is 15.6. The Kier molecular flexibility index (Phi) is 5.83. The van der Waals surface area contributed by atoms with Gasteiger partial charge in [0.05, 0.1) is 18.2 Å². The lowest BCUT2D eigenvalue weighted by Crippen LogP contribution is -2.08. The Labute approximate surface area is 205 Å². The number of methoxy groups -OCH3 is 1. The van der Waals surface area contributed by atoms with Crippen molar-refractivity contribution in [2.24, 2.45) is 0 Å². The molecule has 36 heavy (non-hydrogen) atoms. The van der Waals surface area contributed by atoms with Gasteiger partial charge in [0.25, 0.3) is 0 Å². The molecule has 0 aliphatic rings. The predicted octanol–water partition coefficient (Wildman–Crippen LogP) is 6.97. The highest BCUT2D eigenvalue weighted by Crippen LogP contribution is 2.40. The van der Waals surface area contributed by atoms with Gasteiger partial charge in [-0.1, -0.05) is 18.2 Å². The molecule has 0 spiro atoms. The van der Waals surface area contributed by atoms with Crippen LogP contribution in [-0.2, 0) is 6.18 Å². The summed E-state index contributed by atoms with van der Waals surface area (Å²) in [5.41, 5.74) is 3.26. The van der Waals surface area contributed by atoms with E-state index in [0.717, 1.165) is 44.4 Å². The summed E-state index contributed by atoms with van der Waals surface area (Å²) in [7, 11) is 2.98. The standard InChI is InChI=1S/C27H22F3N5O/c1-15-4-7-20-19(24(15)16-5-8-22-17(12-16)14-33-26(31-2)35-22)10-11-32-25(20)34-18-6-9-23(36-3)21(13-18)27(28,29)30/h4-14H,1-3H3,(H,32,34)(H,31,33,35). The van der Waals surface area contributed by atoms with Gasteiger partial charge < -0.3 is 15.4 Å². The van der Waals surface area contributed by atoms with Gasteiger partial charge in [-0.3, -0.25) is 0 Å². The zero-order valence-corrected chi connectivity index (χ0v) is 19.7. The van der Waals surface area contributed by atoms with Crippen molar-refractivity contribution in [2.45, 2.75) is 13.1 Å². The van der Waals surface area contributed by atoms with Crippen LogP contribution in [0.3, 0.4) is 0 Å². The van der Waals surface area contributed by atoms with Gasteiger partial charge in [-0.15, -0.1) is 0 Å². The monoisotopic (exact) mass is 489 g/mol. The van der Waals surface area contributed by atoms with E-state index in [0.29, 0.717) is 11.8 Å². The van der Waals surface area contributed by atoms with E-state index in [1.54, 1.807) is 19.4 Å². The first kappa shape index (κ1) is 23.3. The van der Waals surface area contributed by atoms with Crippen LogP contribution < -0.4 is 15.4 Å². The van der Waals surface area contributed by atoms with Crippen LogP contribution in [0, 0.1) is 6.92 Å². The van der Waals surface area contributed by atoms with Crippen molar-refractivity contribution in [2.75, 3.05) is 24.8 Å². The predicted molar refractivity (Wildman–Crippen MR) is 136 cm³/mol. The fourth-order valence-corrected chi connectivity index (χ4v) is 4.30. The van der Waals surface area contributed by atoms with Gasteiger partial charge >= 0.3 is 6.18 Å². The fourth-order valence-electron chi connectivity index (χ4n) is 4.30. The number of alkyl halides is 3. The van der Waals surface area contributed by atoms with E-state index in [4.69, 9.17) is 4.74 Å². The SMILES string of the molecule is CNc1ncc2cc(-c3c(C)ccc4c(Nc5ccc(OC)c(C(F)(F)F)c5)nccc34)ccc2n1. The molecule has 0 aliphatic heterocycles. The molecule has 0 bridgehead atoms. The molecule has 0 atom stereocenters. The second kappa shape index (κ2) is 8.99. The average molecular weight is 490 g/mol. The normalized spacial score (nSPS) is 11.6. The number of rotatable bonds is 5. The topological polar surface area (TPSA) is 72.0 Å². The number of aromatic nitrogens is 3. The van der Waals surface area contributed by atoms with Gasteiger partial charge in [-0.05, 0) is 65.4 Å². The van der Waals surface area contributed by atoms with Gasteiger partial charge in [-0.25, -0.2) is 15.0 Å². The number of ether oxygens (including phenoxy) is 1. The molecule has 0 amide bonds. The first-order valence-electron chi connectivity index (χ1n) is 11.1. The van der Waals surface area contributed by atoms with Crippen LogP contribution >= 0.6 is 0 Å². The average Bonchev–Trinajstić information content (AvgIpc) is 2.87. The first-order valence-corrected chi connectivity index (χ1v) is 11.1. The minimum absolute atomic E-state index is 0.237. The van der Waals surface area contributed by atoms with Crippen molar-refractivity contribution in [1.82, 2.24) is 15.0 Å². The van der Waals surface area contributed by atoms with E-state index >= 15 is 0 Å². The summed E-state index contributed by atoms with van der Waals surface area (Å²) in [6.07, 6.45) is -1.13. The zero-order chi connectivity index (χ0) is 25.4. The first-order chi connectivity index (χ1) is 17.3. The fraction of sp³-hybridized carbons (Fsp3) is 0.148. The molecule has 0 radical (unpaired) electrons. The molecular weight excluding hydrogens is 467 g/mol. The summed E-state index contributed by atoms with van der Waals surface area (Å²) in [5, 5.41) is 8.59. The molecule has 0 aliphatic carbocycles. The van der Waals surface area contributed by atoms with Crippen LogP contribution in [0.5, 0.6) is 5.75 Å². The van der Waals surface area contributed by atoms with Crippen LogP contribution in [0.15, 0.2) is 67.0 Å². The maximum Gasteiger partial charge on any atom is 0.420 e. The van der Waals surface area contributed by atoms with E-state index in [1.165, 1.54) is 19.2 Å². The molecule has 182 valence electrons. The number of hydrogen-bond acceptors (Lipinski definition) is 6. The molecule has 5 rings (SSSR count). The van der Waals surface area contributed by atoms with Crippen molar-refractivity contribution >= 4 is 39.1 Å². The van der Waals surface area contributed by atoms with Crippen LogP contribution in [0.4, 0.5) is 30.6 Å². The van der Waals surface area contributed by atoms with E-state index in [2.05, 4.69) is 25.6 Å². The number of anilines is 3. The Hall–Kier alpha value is -4.40. The van der Waals surface area contributed by atoms with Gasteiger partial charge in [0.2, 0.25) is 5.95 Å². The summed E-state index contributed by atoms with van der Waals surface area (Å²) in [4.78, 5) is 13.2. The second-order valence-electron chi connectivity index (χ2n) is 8.27. The molecule has 5 aromatic rings. The highest BCUT2D eigenvalue weighted by molar-refractivity contribution is 6.04. The number of fused-ring (bicyclic) bond motifs is 2. The number of aryl methyl sites for hydroxylation is 1. The number of benzene rings is 3. The number of nitrogens with one attached hydrogen (secondary N) is 2. The molecule has 6 nitrogen and oxygen atoms in total. The summed E-state index contributed by atoms with van der Waals surface area (Å²) in [6.45, 7) is 2.02. The Morgan fingerprint density at radius 3 is 2.50 bits per heavy atom. The van der Waals surface area contributed by atoms with Crippen LogP contribution in [-0.4, -0.2) is 29.1 Å². The molecule has 0 fully saturated rings. The van der Waals surface area contributed by atoms with Crippen molar-refractivity contribution in [3.8, 4) is 16.9 Å². The zero-order valence-electron chi connectivity index (χ0n) is 19.7. The number of pyridine rings is 1. The van der Waals surface area contributed by atoms with Crippen molar-refractivity contribution < 1.29 is 17.9 Å². The number of halogens is 3. The molecule has 0 saturated carbocycles. The molecule has 9 heteroatoms. The Morgan fingerprint density at radius 2 is 1.75 bits per heavy atom. The lowest BCUT2D eigenvalue weighted by atomic mass is 9.93. The third-order valence-electron chi connectivity index (χ3n) is 6.01. The second-order valence-corrected chi connectivity index (χ2v) is 8.27. The van der Waals surface area contributed by atoms with Gasteiger partial charge in [-0.2, -0.15) is 13.2 Å². The minimum Gasteiger partial charge on any atom is -0.496 e. The summed E-state index contributed by atoms with van der Waals surface area (Å²) < 4.78 is 45.4. The highest BCUT2D eigenvalue weighted by Gasteiger charge is 2.34. The third-order valence-corrected chi connectivity index (χ3v) is 6.01. The van der Waals surface area contributed by atoms with Crippen molar-refractivity contribution in [3.63, 3.8) is 0 Å². The Morgan fingerprint density at radius 1 is 0.917 bits per heavy atom. The Bertz CT molecular complexity index is 1600. The van der Waals surface area contributed by atoms with E-state index in [1.807, 2.05) is 43.3 Å². The van der Waals surface area contributed by atoms with Gasteiger partial charge in [0, 0.05) is 35.9 Å². The quantitative estimate of drug-likeness (QED) is 0.278. The van der Waals surface area contributed by atoms with E-state index in [9.17, 15) is 13.2 Å².